The number of amides is 1. The second-order valence-corrected chi connectivity index (χ2v) is 9.20. The molecule has 0 heterocycles. The molecule has 0 unspecified atom stereocenters. The van der Waals surface area contributed by atoms with Crippen molar-refractivity contribution in [1.29, 1.82) is 0 Å². The van der Waals surface area contributed by atoms with Crippen LogP contribution in [-0.2, 0) is 20.0 Å². The molecule has 0 atom stereocenters. The molecular formula is C16H19N3O6S2. The monoisotopic (exact) mass is 413 g/mol. The van der Waals surface area contributed by atoms with Crippen molar-refractivity contribution in [3.05, 3.63) is 48.0 Å². The molecule has 0 bridgehead atoms. The van der Waals surface area contributed by atoms with Crippen LogP contribution < -0.4 is 19.5 Å². The van der Waals surface area contributed by atoms with Gasteiger partial charge in [0, 0.05) is 16.9 Å². The Hall–Kier alpha value is -2.79. The summed E-state index contributed by atoms with van der Waals surface area (Å²) in [5.74, 6) is -0.208. The van der Waals surface area contributed by atoms with Crippen molar-refractivity contribution < 1.29 is 26.4 Å². The van der Waals surface area contributed by atoms with Crippen LogP contribution in [0, 0.1) is 0 Å². The molecule has 146 valence electrons. The van der Waals surface area contributed by atoms with E-state index in [1.54, 1.807) is 6.07 Å². The van der Waals surface area contributed by atoms with Crippen LogP contribution in [0.5, 0.6) is 5.75 Å². The zero-order valence-corrected chi connectivity index (χ0v) is 16.4. The zero-order valence-electron chi connectivity index (χ0n) is 14.8. The summed E-state index contributed by atoms with van der Waals surface area (Å²) in [6.45, 7) is 0. The molecule has 0 radical (unpaired) electrons. The maximum atomic E-state index is 12.4. The van der Waals surface area contributed by atoms with Gasteiger partial charge in [-0.2, -0.15) is 0 Å². The van der Waals surface area contributed by atoms with Gasteiger partial charge in [-0.1, -0.05) is 6.07 Å². The summed E-state index contributed by atoms with van der Waals surface area (Å²) >= 11 is 0. The van der Waals surface area contributed by atoms with Gasteiger partial charge in [0.25, 0.3) is 5.91 Å². The van der Waals surface area contributed by atoms with Gasteiger partial charge in [-0.15, -0.1) is 0 Å². The molecule has 1 amide bonds. The SMILES string of the molecule is COc1ccc(NC(=O)c2cccc(NS(C)(=O)=O)c2)cc1NS(C)(=O)=O. The number of benzene rings is 2. The molecule has 0 spiro atoms. The second-order valence-electron chi connectivity index (χ2n) is 5.70. The molecule has 2 aromatic carbocycles. The van der Waals surface area contributed by atoms with E-state index >= 15 is 0 Å². The molecule has 27 heavy (non-hydrogen) atoms. The fourth-order valence-electron chi connectivity index (χ4n) is 2.21. The third-order valence-electron chi connectivity index (χ3n) is 3.18. The van der Waals surface area contributed by atoms with Crippen LogP contribution in [0.1, 0.15) is 10.4 Å². The summed E-state index contributed by atoms with van der Waals surface area (Å²) in [6.07, 6.45) is 2.01. The second kappa shape index (κ2) is 7.84. The van der Waals surface area contributed by atoms with Crippen LogP contribution in [0.15, 0.2) is 42.5 Å². The van der Waals surface area contributed by atoms with Crippen molar-refractivity contribution in [2.24, 2.45) is 0 Å². The highest BCUT2D eigenvalue weighted by Crippen LogP contribution is 2.29. The highest BCUT2D eigenvalue weighted by molar-refractivity contribution is 7.92. The maximum Gasteiger partial charge on any atom is 0.255 e. The molecule has 0 aliphatic carbocycles. The van der Waals surface area contributed by atoms with E-state index in [1.165, 1.54) is 43.5 Å². The van der Waals surface area contributed by atoms with Gasteiger partial charge in [0.15, 0.2) is 0 Å². The van der Waals surface area contributed by atoms with Gasteiger partial charge < -0.3 is 10.1 Å². The third kappa shape index (κ3) is 6.46. The number of rotatable bonds is 7. The van der Waals surface area contributed by atoms with Crippen molar-refractivity contribution >= 4 is 43.0 Å². The van der Waals surface area contributed by atoms with E-state index in [0.29, 0.717) is 5.69 Å². The Kier molecular flexibility index (Phi) is 5.96. The minimum Gasteiger partial charge on any atom is -0.495 e. The van der Waals surface area contributed by atoms with Gasteiger partial charge >= 0.3 is 0 Å². The molecule has 0 aliphatic heterocycles. The Labute approximate surface area is 157 Å². The number of hydrogen-bond donors (Lipinski definition) is 3. The highest BCUT2D eigenvalue weighted by atomic mass is 32.2. The molecule has 2 rings (SSSR count). The van der Waals surface area contributed by atoms with E-state index < -0.39 is 26.0 Å². The van der Waals surface area contributed by atoms with Crippen LogP contribution in [0.25, 0.3) is 0 Å². The Morgan fingerprint density at radius 1 is 0.889 bits per heavy atom. The van der Waals surface area contributed by atoms with Crippen molar-refractivity contribution in [2.45, 2.75) is 0 Å². The first-order valence-corrected chi connectivity index (χ1v) is 11.3. The van der Waals surface area contributed by atoms with Crippen molar-refractivity contribution in [1.82, 2.24) is 0 Å². The number of hydrogen-bond acceptors (Lipinski definition) is 6. The number of carbonyl (C=O) groups is 1. The van der Waals surface area contributed by atoms with Gasteiger partial charge in [-0.25, -0.2) is 16.8 Å². The van der Waals surface area contributed by atoms with Crippen molar-refractivity contribution in [3.63, 3.8) is 0 Å². The first-order chi connectivity index (χ1) is 12.5. The van der Waals surface area contributed by atoms with E-state index in [9.17, 15) is 21.6 Å². The quantitative estimate of drug-likeness (QED) is 0.633. The number of anilines is 3. The molecule has 0 aromatic heterocycles. The van der Waals surface area contributed by atoms with Gasteiger partial charge in [-0.3, -0.25) is 14.2 Å². The molecule has 2 aromatic rings. The minimum atomic E-state index is -3.54. The number of ether oxygens (including phenoxy) is 1. The van der Waals surface area contributed by atoms with Gasteiger partial charge in [0.2, 0.25) is 20.0 Å². The van der Waals surface area contributed by atoms with E-state index in [4.69, 9.17) is 4.74 Å². The fraction of sp³-hybridized carbons (Fsp3) is 0.188. The van der Waals surface area contributed by atoms with Crippen LogP contribution in [-0.4, -0.2) is 42.4 Å². The zero-order chi connectivity index (χ0) is 20.2. The third-order valence-corrected chi connectivity index (χ3v) is 4.38. The van der Waals surface area contributed by atoms with Crippen LogP contribution in [0.4, 0.5) is 17.1 Å². The molecule has 0 saturated heterocycles. The van der Waals surface area contributed by atoms with Crippen LogP contribution in [0.2, 0.25) is 0 Å². The largest absolute Gasteiger partial charge is 0.495 e. The Morgan fingerprint density at radius 2 is 1.56 bits per heavy atom. The van der Waals surface area contributed by atoms with Crippen LogP contribution in [0.3, 0.4) is 0 Å². The predicted molar refractivity (Wildman–Crippen MR) is 104 cm³/mol. The Morgan fingerprint density at radius 3 is 2.15 bits per heavy atom. The minimum absolute atomic E-state index is 0.172. The van der Waals surface area contributed by atoms with E-state index in [0.717, 1.165) is 12.5 Å². The molecule has 3 N–H and O–H groups in total. The smallest absolute Gasteiger partial charge is 0.255 e. The lowest BCUT2D eigenvalue weighted by atomic mass is 10.2. The lowest BCUT2D eigenvalue weighted by molar-refractivity contribution is 0.102. The molecule has 9 nitrogen and oxygen atoms in total. The number of methoxy groups -OCH3 is 1. The summed E-state index contributed by atoms with van der Waals surface area (Å²) in [5.41, 5.74) is 0.968. The number of carbonyl (C=O) groups excluding carboxylic acids is 1. The lowest BCUT2D eigenvalue weighted by Gasteiger charge is -2.13. The molecule has 11 heteroatoms. The van der Waals surface area contributed by atoms with Crippen molar-refractivity contribution in [3.8, 4) is 5.75 Å². The lowest BCUT2D eigenvalue weighted by Crippen LogP contribution is -2.15. The van der Waals surface area contributed by atoms with Crippen LogP contribution >= 0.6 is 0 Å². The fourth-order valence-corrected chi connectivity index (χ4v) is 3.32. The van der Waals surface area contributed by atoms with Gasteiger partial charge in [-0.05, 0) is 36.4 Å². The van der Waals surface area contributed by atoms with Gasteiger partial charge in [0.1, 0.15) is 5.75 Å². The van der Waals surface area contributed by atoms with E-state index in [1.807, 2.05) is 0 Å². The number of nitrogens with one attached hydrogen (secondary N) is 3. The standard InChI is InChI=1S/C16H19N3O6S2/c1-25-15-8-7-12(10-14(15)19-27(3,23)24)17-16(20)11-5-4-6-13(9-11)18-26(2,21)22/h4-10,18-19H,1-3H3,(H,17,20). The Balaban J connectivity index is 2.25. The van der Waals surface area contributed by atoms with E-state index in [2.05, 4.69) is 14.8 Å². The number of sulfonamides is 2. The van der Waals surface area contributed by atoms with Gasteiger partial charge in [0.05, 0.1) is 25.3 Å². The summed E-state index contributed by atoms with van der Waals surface area (Å²) < 4.78 is 55.2. The average molecular weight is 413 g/mol. The summed E-state index contributed by atoms with van der Waals surface area (Å²) in [7, 11) is -5.62. The topological polar surface area (TPSA) is 131 Å². The summed E-state index contributed by atoms with van der Waals surface area (Å²) in [6, 6.07) is 10.4. The summed E-state index contributed by atoms with van der Waals surface area (Å²) in [4.78, 5) is 12.4. The highest BCUT2D eigenvalue weighted by Gasteiger charge is 2.12. The molecule has 0 saturated carbocycles. The predicted octanol–water partition coefficient (Wildman–Crippen LogP) is 1.69. The molecule has 0 aliphatic rings. The van der Waals surface area contributed by atoms with Crippen molar-refractivity contribution in [2.75, 3.05) is 34.4 Å². The Bertz CT molecular complexity index is 1070. The first kappa shape index (κ1) is 20.5. The van der Waals surface area contributed by atoms with E-state index in [-0.39, 0.29) is 22.7 Å². The molecule has 0 fully saturated rings. The molecular weight excluding hydrogens is 394 g/mol. The first-order valence-electron chi connectivity index (χ1n) is 7.52. The maximum absolute atomic E-state index is 12.4. The normalized spacial score (nSPS) is 11.5. The average Bonchev–Trinajstić information content (AvgIpc) is 2.52. The summed E-state index contributed by atoms with van der Waals surface area (Å²) in [5, 5.41) is 2.62.